The van der Waals surface area contributed by atoms with Gasteiger partial charge in [0.05, 0.1) is 12.3 Å². The minimum atomic E-state index is -4.33. The zero-order valence-corrected chi connectivity index (χ0v) is 21.0. The van der Waals surface area contributed by atoms with Crippen LogP contribution in [0.5, 0.6) is 0 Å². The van der Waals surface area contributed by atoms with Gasteiger partial charge in [0.15, 0.2) is 0 Å². The van der Waals surface area contributed by atoms with Crippen LogP contribution in [0.4, 0.5) is 18.0 Å². The van der Waals surface area contributed by atoms with Gasteiger partial charge in [-0.3, -0.25) is 14.4 Å². The fraction of sp³-hybridized carbons (Fsp3) is 0.423. The summed E-state index contributed by atoms with van der Waals surface area (Å²) >= 11 is 0. The van der Waals surface area contributed by atoms with E-state index in [1.807, 2.05) is 30.3 Å². The molecule has 0 unspecified atom stereocenters. The smallest absolute Gasteiger partial charge is 0.409 e. The quantitative estimate of drug-likeness (QED) is 0.434. The highest BCUT2D eigenvalue weighted by atomic mass is 19.4. The van der Waals surface area contributed by atoms with Crippen molar-refractivity contribution in [1.82, 2.24) is 20.1 Å². The summed E-state index contributed by atoms with van der Waals surface area (Å²) in [6.07, 6.45) is -7.02. The normalized spacial score (nSPS) is 14.4. The van der Waals surface area contributed by atoms with Gasteiger partial charge in [0.2, 0.25) is 5.91 Å². The van der Waals surface area contributed by atoms with Crippen LogP contribution >= 0.6 is 0 Å². The van der Waals surface area contributed by atoms with E-state index in [1.165, 1.54) is 15.9 Å². The number of carboxylic acids is 1. The molecule has 2 heterocycles. The maximum atomic E-state index is 13.2. The molecule has 0 radical (unpaired) electrons. The van der Waals surface area contributed by atoms with Gasteiger partial charge in [-0.2, -0.15) is 13.2 Å². The number of carbonyl (C=O) groups is 4. The fourth-order valence-electron chi connectivity index (χ4n) is 3.94. The lowest BCUT2D eigenvalue weighted by Gasteiger charge is -2.36. The Morgan fingerprint density at radius 1 is 0.974 bits per heavy atom. The molecule has 1 fully saturated rings. The number of hydrogen-bond donors (Lipinski definition) is 2. The first-order chi connectivity index (χ1) is 18.5. The van der Waals surface area contributed by atoms with Crippen molar-refractivity contribution in [1.29, 1.82) is 0 Å². The largest absolute Gasteiger partial charge is 0.481 e. The van der Waals surface area contributed by atoms with E-state index in [0.717, 1.165) is 5.56 Å². The van der Waals surface area contributed by atoms with Crippen molar-refractivity contribution in [3.63, 3.8) is 0 Å². The molecule has 1 atom stereocenters. The average molecular weight is 551 g/mol. The first-order valence-corrected chi connectivity index (χ1v) is 12.4. The lowest BCUT2D eigenvalue weighted by Crippen LogP contribution is -2.56. The van der Waals surface area contributed by atoms with E-state index in [9.17, 15) is 32.3 Å². The number of alkyl halides is 3. The topological polar surface area (TPSA) is 129 Å². The van der Waals surface area contributed by atoms with E-state index < -0.39 is 42.5 Å². The van der Waals surface area contributed by atoms with Crippen LogP contribution in [0, 0.1) is 0 Å². The van der Waals surface area contributed by atoms with E-state index in [0.29, 0.717) is 5.69 Å². The highest BCUT2D eigenvalue weighted by molar-refractivity contribution is 5.96. The molecule has 0 bridgehead atoms. The minimum absolute atomic E-state index is 0.0579. The van der Waals surface area contributed by atoms with Crippen molar-refractivity contribution in [2.75, 3.05) is 32.8 Å². The van der Waals surface area contributed by atoms with Crippen molar-refractivity contribution in [3.8, 4) is 11.3 Å². The van der Waals surface area contributed by atoms with Crippen LogP contribution in [0.1, 0.15) is 36.2 Å². The maximum absolute atomic E-state index is 13.2. The molecule has 3 rings (SSSR count). The second-order valence-corrected chi connectivity index (χ2v) is 8.88. The Bertz CT molecular complexity index is 1150. The molecule has 1 saturated heterocycles. The van der Waals surface area contributed by atoms with Crippen LogP contribution < -0.4 is 5.32 Å². The zero-order chi connectivity index (χ0) is 28.4. The molecule has 0 saturated carbocycles. The molecule has 10 nitrogen and oxygen atoms in total. The molecule has 0 aliphatic carbocycles. The molecular weight excluding hydrogens is 521 g/mol. The summed E-state index contributed by atoms with van der Waals surface area (Å²) < 4.78 is 41.6. The van der Waals surface area contributed by atoms with Crippen molar-refractivity contribution >= 4 is 23.9 Å². The van der Waals surface area contributed by atoms with Crippen molar-refractivity contribution in [3.05, 3.63) is 54.2 Å². The summed E-state index contributed by atoms with van der Waals surface area (Å²) in [6, 6.07) is 12.9. The number of aromatic nitrogens is 1. The third-order valence-corrected chi connectivity index (χ3v) is 5.98. The predicted molar refractivity (Wildman–Crippen MR) is 133 cm³/mol. The number of carbonyl (C=O) groups excluding carboxylic acids is 3. The van der Waals surface area contributed by atoms with Crippen molar-refractivity contribution in [2.24, 2.45) is 0 Å². The second kappa shape index (κ2) is 13.6. The van der Waals surface area contributed by atoms with Gasteiger partial charge in [0.25, 0.3) is 5.91 Å². The Hall–Kier alpha value is -4.16. The standard InChI is InChI=1S/C26H29F3N4O6/c27-26(28,29)12-5-17-39-25(38)33-15-13-32(14-16-33)24(37)21(10-11-22(34)35)31-23(36)20-9-4-8-19(30-20)18-6-2-1-3-7-18/h1-4,6-9,21H,5,10-17H2,(H,31,36)(H,34,35)/t21-/m0/s1. The number of ether oxygens (including phenoxy) is 1. The van der Waals surface area contributed by atoms with Crippen LogP contribution in [0.3, 0.4) is 0 Å². The number of nitrogens with one attached hydrogen (secondary N) is 1. The lowest BCUT2D eigenvalue weighted by molar-refractivity contribution is -0.138. The number of piperazine rings is 1. The van der Waals surface area contributed by atoms with Crippen molar-refractivity contribution < 1.29 is 42.2 Å². The van der Waals surface area contributed by atoms with E-state index in [2.05, 4.69) is 10.3 Å². The Morgan fingerprint density at radius 3 is 2.28 bits per heavy atom. The van der Waals surface area contributed by atoms with Gasteiger partial charge in [-0.1, -0.05) is 36.4 Å². The lowest BCUT2D eigenvalue weighted by atomic mass is 10.1. The number of benzene rings is 1. The molecule has 0 spiro atoms. The molecular formula is C26H29F3N4O6. The number of nitrogens with zero attached hydrogens (tertiary/aromatic N) is 3. The summed E-state index contributed by atoms with van der Waals surface area (Å²) in [5.74, 6) is -2.29. The fourth-order valence-corrected chi connectivity index (χ4v) is 3.94. The second-order valence-electron chi connectivity index (χ2n) is 8.88. The van der Waals surface area contributed by atoms with Gasteiger partial charge >= 0.3 is 18.2 Å². The molecule has 1 aromatic carbocycles. The molecule has 2 N–H and O–H groups in total. The third-order valence-electron chi connectivity index (χ3n) is 5.98. The van der Waals surface area contributed by atoms with Gasteiger partial charge in [-0.25, -0.2) is 9.78 Å². The number of pyridine rings is 1. The summed E-state index contributed by atoms with van der Waals surface area (Å²) in [4.78, 5) is 56.5. The van der Waals surface area contributed by atoms with Crippen LogP contribution in [-0.2, 0) is 14.3 Å². The number of carboxylic acid groups (broad SMARTS) is 1. The summed E-state index contributed by atoms with van der Waals surface area (Å²) in [5.41, 5.74) is 1.41. The number of aliphatic carboxylic acids is 1. The SMILES string of the molecule is O=C(O)CC[C@H](NC(=O)c1cccc(-c2ccccc2)n1)C(=O)N1CCN(C(=O)OCCCC(F)(F)F)CC1. The average Bonchev–Trinajstić information content (AvgIpc) is 2.92. The van der Waals surface area contributed by atoms with E-state index >= 15 is 0 Å². The molecule has 2 aromatic rings. The monoisotopic (exact) mass is 550 g/mol. The minimum Gasteiger partial charge on any atom is -0.481 e. The van der Waals surface area contributed by atoms with E-state index in [1.54, 1.807) is 12.1 Å². The Kier molecular flexibility index (Phi) is 10.2. The Labute approximate surface area is 222 Å². The van der Waals surface area contributed by atoms with Gasteiger partial charge in [-0.15, -0.1) is 0 Å². The molecule has 39 heavy (non-hydrogen) atoms. The zero-order valence-electron chi connectivity index (χ0n) is 21.0. The predicted octanol–water partition coefficient (Wildman–Crippen LogP) is 3.34. The van der Waals surface area contributed by atoms with Gasteiger partial charge in [0.1, 0.15) is 11.7 Å². The van der Waals surface area contributed by atoms with Crippen LogP contribution in [0.2, 0.25) is 0 Å². The third kappa shape index (κ3) is 9.27. The highest BCUT2D eigenvalue weighted by Gasteiger charge is 2.31. The van der Waals surface area contributed by atoms with Gasteiger partial charge in [-0.05, 0) is 25.0 Å². The number of hydrogen-bond acceptors (Lipinski definition) is 6. The van der Waals surface area contributed by atoms with Crippen LogP contribution in [0.15, 0.2) is 48.5 Å². The molecule has 1 aromatic heterocycles. The number of rotatable bonds is 10. The van der Waals surface area contributed by atoms with E-state index in [4.69, 9.17) is 9.84 Å². The van der Waals surface area contributed by atoms with Crippen molar-refractivity contribution in [2.45, 2.75) is 37.9 Å². The summed E-state index contributed by atoms with van der Waals surface area (Å²) in [5, 5.41) is 11.7. The molecule has 1 aliphatic rings. The van der Waals surface area contributed by atoms with E-state index in [-0.39, 0.29) is 57.7 Å². The highest BCUT2D eigenvalue weighted by Crippen LogP contribution is 2.21. The molecule has 13 heteroatoms. The van der Waals surface area contributed by atoms with Gasteiger partial charge < -0.3 is 25.0 Å². The Balaban J connectivity index is 1.58. The van der Waals surface area contributed by atoms with Gasteiger partial charge in [0, 0.05) is 44.6 Å². The maximum Gasteiger partial charge on any atom is 0.409 e. The summed E-state index contributed by atoms with van der Waals surface area (Å²) in [6.45, 7) is -0.0656. The first-order valence-electron chi connectivity index (χ1n) is 12.4. The molecule has 210 valence electrons. The van der Waals surface area contributed by atoms with Crippen LogP contribution in [0.25, 0.3) is 11.3 Å². The summed E-state index contributed by atoms with van der Waals surface area (Å²) in [7, 11) is 0. The first kappa shape index (κ1) is 29.4. The number of amides is 3. The molecule has 1 aliphatic heterocycles. The number of halogens is 3. The molecule has 3 amide bonds. The Morgan fingerprint density at radius 2 is 1.64 bits per heavy atom. The van der Waals surface area contributed by atoms with Crippen LogP contribution in [-0.4, -0.2) is 88.8 Å².